The Morgan fingerprint density at radius 3 is 2.45 bits per heavy atom. The van der Waals surface area contributed by atoms with Crippen LogP contribution in [0.5, 0.6) is 5.75 Å². The lowest BCUT2D eigenvalue weighted by Gasteiger charge is -2.10. The van der Waals surface area contributed by atoms with Gasteiger partial charge in [0.15, 0.2) is 0 Å². The Morgan fingerprint density at radius 2 is 1.85 bits per heavy atom. The van der Waals surface area contributed by atoms with Crippen molar-refractivity contribution in [1.82, 2.24) is 0 Å². The second-order valence-corrected chi connectivity index (χ2v) is 4.17. The van der Waals surface area contributed by atoms with E-state index in [1.165, 1.54) is 19.2 Å². The number of rotatable bonds is 4. The Balaban J connectivity index is 2.54. The van der Waals surface area contributed by atoms with Gasteiger partial charge in [0.1, 0.15) is 5.75 Å². The van der Waals surface area contributed by atoms with E-state index in [0.717, 1.165) is 5.56 Å². The molecule has 0 bridgehead atoms. The van der Waals surface area contributed by atoms with Crippen LogP contribution in [0.4, 0.5) is 0 Å². The van der Waals surface area contributed by atoms with Crippen LogP contribution in [0.3, 0.4) is 0 Å². The zero-order valence-electron chi connectivity index (χ0n) is 10.8. The van der Waals surface area contributed by atoms with E-state index in [4.69, 9.17) is 15.6 Å². The van der Waals surface area contributed by atoms with E-state index in [-0.39, 0.29) is 5.56 Å². The molecule has 0 atom stereocenters. The summed E-state index contributed by atoms with van der Waals surface area (Å²) in [4.78, 5) is 22.1. The van der Waals surface area contributed by atoms with E-state index in [1.54, 1.807) is 30.3 Å². The summed E-state index contributed by atoms with van der Waals surface area (Å²) >= 11 is 0. The summed E-state index contributed by atoms with van der Waals surface area (Å²) in [5.74, 6) is -1.12. The summed E-state index contributed by atoms with van der Waals surface area (Å²) in [6.45, 7) is 0. The molecule has 0 radical (unpaired) electrons. The number of carboxylic acids is 1. The molecule has 1 amide bonds. The van der Waals surface area contributed by atoms with Crippen molar-refractivity contribution in [3.8, 4) is 16.9 Å². The number of primary amides is 1. The molecule has 0 spiro atoms. The highest BCUT2D eigenvalue weighted by atomic mass is 16.5. The minimum Gasteiger partial charge on any atom is -0.496 e. The molecule has 102 valence electrons. The number of methoxy groups -OCH3 is 1. The average molecular weight is 271 g/mol. The van der Waals surface area contributed by atoms with Gasteiger partial charge in [-0.2, -0.15) is 0 Å². The van der Waals surface area contributed by atoms with Crippen LogP contribution in [-0.2, 0) is 0 Å². The Kier molecular flexibility index (Phi) is 3.70. The average Bonchev–Trinajstić information content (AvgIpc) is 2.46. The molecule has 0 fully saturated rings. The number of ether oxygens (including phenoxy) is 1. The topological polar surface area (TPSA) is 89.6 Å². The van der Waals surface area contributed by atoms with Crippen LogP contribution in [0.15, 0.2) is 42.5 Å². The Labute approximate surface area is 115 Å². The number of aromatic carboxylic acids is 1. The Morgan fingerprint density at radius 1 is 1.10 bits per heavy atom. The predicted molar refractivity (Wildman–Crippen MR) is 73.9 cm³/mol. The fourth-order valence-corrected chi connectivity index (χ4v) is 1.90. The minimum atomic E-state index is -1.03. The third-order valence-electron chi connectivity index (χ3n) is 2.91. The summed E-state index contributed by atoms with van der Waals surface area (Å²) in [5, 5.41) is 8.97. The molecule has 2 rings (SSSR count). The van der Waals surface area contributed by atoms with Crippen LogP contribution in [0.1, 0.15) is 20.7 Å². The first-order valence-electron chi connectivity index (χ1n) is 5.84. The maximum atomic E-state index is 11.2. The highest BCUT2D eigenvalue weighted by molar-refractivity contribution is 5.95. The van der Waals surface area contributed by atoms with E-state index in [0.29, 0.717) is 16.9 Å². The third-order valence-corrected chi connectivity index (χ3v) is 2.91. The number of carbonyl (C=O) groups is 2. The molecule has 5 nitrogen and oxygen atoms in total. The van der Waals surface area contributed by atoms with E-state index >= 15 is 0 Å². The Hall–Kier alpha value is -2.82. The number of carbonyl (C=O) groups excluding carboxylic acids is 1. The summed E-state index contributed by atoms with van der Waals surface area (Å²) in [6, 6.07) is 11.3. The predicted octanol–water partition coefficient (Wildman–Crippen LogP) is 2.16. The molecule has 0 aromatic heterocycles. The maximum Gasteiger partial charge on any atom is 0.335 e. The summed E-state index contributed by atoms with van der Waals surface area (Å²) in [7, 11) is 1.46. The number of carboxylic acid groups (broad SMARTS) is 1. The lowest BCUT2D eigenvalue weighted by Crippen LogP contribution is -2.10. The first kappa shape index (κ1) is 13.6. The monoisotopic (exact) mass is 271 g/mol. The van der Waals surface area contributed by atoms with Crippen molar-refractivity contribution in [1.29, 1.82) is 0 Å². The van der Waals surface area contributed by atoms with Gasteiger partial charge in [-0.15, -0.1) is 0 Å². The molecule has 3 N–H and O–H groups in total. The standard InChI is InChI=1S/C15H13NO4/c1-20-13-8-11(15(18)19)5-6-12(13)9-3-2-4-10(7-9)14(16)17/h2-8H,1H3,(H2,16,17)(H,18,19). The van der Waals surface area contributed by atoms with Gasteiger partial charge in [-0.1, -0.05) is 12.1 Å². The molecule has 0 aliphatic heterocycles. The van der Waals surface area contributed by atoms with Crippen molar-refractivity contribution in [3.05, 3.63) is 53.6 Å². The van der Waals surface area contributed by atoms with Gasteiger partial charge in [0, 0.05) is 11.1 Å². The van der Waals surface area contributed by atoms with Gasteiger partial charge in [0.25, 0.3) is 0 Å². The maximum absolute atomic E-state index is 11.2. The van der Waals surface area contributed by atoms with E-state index in [1.807, 2.05) is 0 Å². The molecule has 0 saturated heterocycles. The number of nitrogens with two attached hydrogens (primary N) is 1. The van der Waals surface area contributed by atoms with Crippen molar-refractivity contribution >= 4 is 11.9 Å². The quantitative estimate of drug-likeness (QED) is 0.891. The van der Waals surface area contributed by atoms with Gasteiger partial charge >= 0.3 is 5.97 Å². The molecule has 0 aliphatic rings. The number of amides is 1. The molecule has 2 aromatic rings. The van der Waals surface area contributed by atoms with Crippen LogP contribution in [0.2, 0.25) is 0 Å². The summed E-state index contributed by atoms with van der Waals surface area (Å²) in [6.07, 6.45) is 0. The molecule has 0 saturated carbocycles. The molecule has 0 unspecified atom stereocenters. The van der Waals surface area contributed by atoms with E-state index < -0.39 is 11.9 Å². The van der Waals surface area contributed by atoms with Crippen molar-refractivity contribution in [2.75, 3.05) is 7.11 Å². The van der Waals surface area contributed by atoms with Crippen molar-refractivity contribution in [3.63, 3.8) is 0 Å². The number of hydrogen-bond donors (Lipinski definition) is 2. The molecule has 0 heterocycles. The smallest absolute Gasteiger partial charge is 0.335 e. The zero-order chi connectivity index (χ0) is 14.7. The number of hydrogen-bond acceptors (Lipinski definition) is 3. The fraction of sp³-hybridized carbons (Fsp3) is 0.0667. The third kappa shape index (κ3) is 2.61. The Bertz CT molecular complexity index is 679. The fourth-order valence-electron chi connectivity index (χ4n) is 1.90. The molecular formula is C15H13NO4. The lowest BCUT2D eigenvalue weighted by atomic mass is 10.0. The number of benzene rings is 2. The van der Waals surface area contributed by atoms with Gasteiger partial charge in [0.2, 0.25) is 5.91 Å². The largest absolute Gasteiger partial charge is 0.496 e. The normalized spacial score (nSPS) is 10.1. The second-order valence-electron chi connectivity index (χ2n) is 4.17. The molecule has 2 aromatic carbocycles. The van der Waals surface area contributed by atoms with Crippen LogP contribution in [0, 0.1) is 0 Å². The van der Waals surface area contributed by atoms with Gasteiger partial charge < -0.3 is 15.6 Å². The zero-order valence-corrected chi connectivity index (χ0v) is 10.8. The van der Waals surface area contributed by atoms with E-state index in [2.05, 4.69) is 0 Å². The van der Waals surface area contributed by atoms with Crippen LogP contribution in [-0.4, -0.2) is 24.1 Å². The first-order chi connectivity index (χ1) is 9.52. The van der Waals surface area contributed by atoms with Gasteiger partial charge in [-0.05, 0) is 35.9 Å². The van der Waals surface area contributed by atoms with Crippen molar-refractivity contribution in [2.45, 2.75) is 0 Å². The van der Waals surface area contributed by atoms with E-state index in [9.17, 15) is 9.59 Å². The van der Waals surface area contributed by atoms with Crippen LogP contribution >= 0.6 is 0 Å². The lowest BCUT2D eigenvalue weighted by molar-refractivity contribution is 0.0696. The highest BCUT2D eigenvalue weighted by Crippen LogP contribution is 2.31. The van der Waals surface area contributed by atoms with Crippen molar-refractivity contribution in [2.24, 2.45) is 5.73 Å². The van der Waals surface area contributed by atoms with Crippen molar-refractivity contribution < 1.29 is 19.4 Å². The van der Waals surface area contributed by atoms with Gasteiger partial charge in [-0.3, -0.25) is 4.79 Å². The molecule has 20 heavy (non-hydrogen) atoms. The van der Waals surface area contributed by atoms with Gasteiger partial charge in [-0.25, -0.2) is 4.79 Å². The van der Waals surface area contributed by atoms with Gasteiger partial charge in [0.05, 0.1) is 12.7 Å². The minimum absolute atomic E-state index is 0.136. The molecule has 5 heteroatoms. The summed E-state index contributed by atoms with van der Waals surface area (Å²) < 4.78 is 5.21. The molecule has 0 aliphatic carbocycles. The highest BCUT2D eigenvalue weighted by Gasteiger charge is 2.11. The SMILES string of the molecule is COc1cc(C(=O)O)ccc1-c1cccc(C(N)=O)c1. The summed E-state index contributed by atoms with van der Waals surface area (Å²) in [5.41, 5.74) is 7.19. The van der Waals surface area contributed by atoms with Crippen LogP contribution < -0.4 is 10.5 Å². The second kappa shape index (κ2) is 5.44. The first-order valence-corrected chi connectivity index (χ1v) is 5.84. The molecular weight excluding hydrogens is 258 g/mol. The van der Waals surface area contributed by atoms with Crippen LogP contribution in [0.25, 0.3) is 11.1 Å².